The predicted octanol–water partition coefficient (Wildman–Crippen LogP) is 4.50. The first kappa shape index (κ1) is 20.1. The Morgan fingerprint density at radius 2 is 1.89 bits per heavy atom. The van der Waals surface area contributed by atoms with Gasteiger partial charge in [-0.15, -0.1) is 0 Å². The molecule has 6 nitrogen and oxygen atoms in total. The summed E-state index contributed by atoms with van der Waals surface area (Å²) < 4.78 is 65.0. The molecule has 0 aliphatic heterocycles. The van der Waals surface area contributed by atoms with Crippen LogP contribution in [0.4, 0.5) is 17.6 Å². The number of thioether (sulfide) groups is 1. The summed E-state index contributed by atoms with van der Waals surface area (Å²) in [6.45, 7) is 0. The van der Waals surface area contributed by atoms with Gasteiger partial charge in [-0.3, -0.25) is 4.98 Å². The van der Waals surface area contributed by atoms with E-state index >= 15 is 0 Å². The van der Waals surface area contributed by atoms with Crippen LogP contribution in [-0.4, -0.2) is 41.7 Å². The maximum atomic E-state index is 13.0. The molecule has 0 aliphatic rings. The van der Waals surface area contributed by atoms with Crippen molar-refractivity contribution in [2.24, 2.45) is 0 Å². The molecular weight excluding hydrogens is 402 g/mol. The van der Waals surface area contributed by atoms with Crippen LogP contribution < -0.4 is 14.2 Å². The van der Waals surface area contributed by atoms with Crippen LogP contribution in [0.1, 0.15) is 5.69 Å². The predicted molar refractivity (Wildman–Crippen MR) is 94.6 cm³/mol. The number of benzene rings is 1. The number of pyridine rings is 1. The number of ether oxygens (including phenoxy) is 3. The van der Waals surface area contributed by atoms with Crippen LogP contribution >= 0.6 is 11.8 Å². The molecule has 11 heteroatoms. The minimum atomic E-state index is -4.57. The van der Waals surface area contributed by atoms with Gasteiger partial charge in [0.1, 0.15) is 5.75 Å². The zero-order chi connectivity index (χ0) is 20.3. The van der Waals surface area contributed by atoms with E-state index in [2.05, 4.69) is 19.7 Å². The number of fused-ring (bicyclic) bond motifs is 1. The van der Waals surface area contributed by atoms with Crippen molar-refractivity contribution >= 4 is 22.8 Å². The van der Waals surface area contributed by atoms with Crippen LogP contribution in [0.2, 0.25) is 0 Å². The van der Waals surface area contributed by atoms with Gasteiger partial charge in [0.05, 0.1) is 37.1 Å². The van der Waals surface area contributed by atoms with Crippen molar-refractivity contribution in [2.75, 3.05) is 14.2 Å². The van der Waals surface area contributed by atoms with Gasteiger partial charge in [-0.05, 0) is 12.1 Å². The van der Waals surface area contributed by atoms with Gasteiger partial charge in [0.15, 0.2) is 16.7 Å². The van der Waals surface area contributed by atoms with E-state index in [1.54, 1.807) is 12.3 Å². The SMILES string of the molecule is COc1cnc(CSc2nc3cc(OC(F)(F)C(F)F)ccc3[nH]2)cc1OC. The minimum absolute atomic E-state index is 0.310. The zero-order valence-corrected chi connectivity index (χ0v) is 15.5. The molecule has 0 bridgehead atoms. The second-order valence-electron chi connectivity index (χ2n) is 5.50. The Morgan fingerprint density at radius 3 is 2.57 bits per heavy atom. The van der Waals surface area contributed by atoms with Crippen molar-refractivity contribution < 1.29 is 31.8 Å². The summed E-state index contributed by atoms with van der Waals surface area (Å²) in [5.41, 5.74) is 1.57. The van der Waals surface area contributed by atoms with Crippen molar-refractivity contribution in [3.8, 4) is 17.2 Å². The Bertz CT molecular complexity index is 968. The largest absolute Gasteiger partial charge is 0.493 e. The number of aromatic nitrogens is 3. The standard InChI is InChI=1S/C17H15F4N3O3S/c1-25-13-5-9(22-7-14(13)26-2)8-28-16-23-11-4-3-10(6-12(11)24-16)27-17(20,21)15(18)19/h3-7,15H,8H2,1-2H3,(H,23,24). The average Bonchev–Trinajstić information content (AvgIpc) is 3.07. The Labute approximate surface area is 161 Å². The number of halogens is 4. The van der Waals surface area contributed by atoms with Gasteiger partial charge >= 0.3 is 12.5 Å². The summed E-state index contributed by atoms with van der Waals surface area (Å²) in [4.78, 5) is 11.5. The Morgan fingerprint density at radius 1 is 1.14 bits per heavy atom. The van der Waals surface area contributed by atoms with Crippen molar-refractivity contribution in [3.63, 3.8) is 0 Å². The van der Waals surface area contributed by atoms with Crippen molar-refractivity contribution in [1.82, 2.24) is 15.0 Å². The molecule has 0 saturated heterocycles. The van der Waals surface area contributed by atoms with Crippen molar-refractivity contribution in [2.45, 2.75) is 23.4 Å². The topological polar surface area (TPSA) is 69.3 Å². The third-order valence-electron chi connectivity index (χ3n) is 3.63. The first-order valence-electron chi connectivity index (χ1n) is 7.87. The Hall–Kier alpha value is -2.69. The number of nitrogens with zero attached hydrogens (tertiary/aromatic N) is 2. The molecule has 0 saturated carbocycles. The lowest BCUT2D eigenvalue weighted by Gasteiger charge is -2.16. The molecule has 0 unspecified atom stereocenters. The first-order chi connectivity index (χ1) is 13.3. The summed E-state index contributed by atoms with van der Waals surface area (Å²) in [7, 11) is 3.03. The van der Waals surface area contributed by atoms with Crippen molar-refractivity contribution in [1.29, 1.82) is 0 Å². The van der Waals surface area contributed by atoms with Crippen LogP contribution in [0.25, 0.3) is 11.0 Å². The van der Waals surface area contributed by atoms with E-state index in [0.717, 1.165) is 0 Å². The van der Waals surface area contributed by atoms with E-state index < -0.39 is 18.3 Å². The normalized spacial score (nSPS) is 11.8. The summed E-state index contributed by atoms with van der Waals surface area (Å²) in [6.07, 6.45) is -6.96. The van der Waals surface area contributed by atoms with Crippen LogP contribution in [0, 0.1) is 0 Å². The molecule has 3 rings (SSSR count). The van der Waals surface area contributed by atoms with Crippen molar-refractivity contribution in [3.05, 3.63) is 36.2 Å². The first-order valence-corrected chi connectivity index (χ1v) is 8.85. The van der Waals surface area contributed by atoms with E-state index in [9.17, 15) is 17.6 Å². The lowest BCUT2D eigenvalue weighted by atomic mass is 10.3. The maximum absolute atomic E-state index is 13.0. The number of hydrogen-bond donors (Lipinski definition) is 1. The molecule has 0 aliphatic carbocycles. The van der Waals surface area contributed by atoms with Gasteiger partial charge in [0, 0.05) is 17.9 Å². The van der Waals surface area contributed by atoms with E-state index in [1.807, 2.05) is 0 Å². The quantitative estimate of drug-likeness (QED) is 0.430. The van der Waals surface area contributed by atoms with Gasteiger partial charge in [-0.2, -0.15) is 17.6 Å². The fourth-order valence-corrected chi connectivity index (χ4v) is 3.08. The van der Waals surface area contributed by atoms with Gasteiger partial charge in [0.2, 0.25) is 0 Å². The van der Waals surface area contributed by atoms with Crippen LogP contribution in [0.15, 0.2) is 35.6 Å². The maximum Gasteiger partial charge on any atom is 0.461 e. The lowest BCUT2D eigenvalue weighted by molar-refractivity contribution is -0.253. The number of rotatable bonds is 8. The molecule has 0 atom stereocenters. The second-order valence-corrected chi connectivity index (χ2v) is 6.47. The average molecular weight is 417 g/mol. The highest BCUT2D eigenvalue weighted by Gasteiger charge is 2.44. The number of aromatic amines is 1. The van der Waals surface area contributed by atoms with Crippen LogP contribution in [-0.2, 0) is 5.75 Å². The molecule has 0 radical (unpaired) electrons. The van der Waals surface area contributed by atoms with Crippen LogP contribution in [0.5, 0.6) is 17.2 Å². The molecular formula is C17H15F4N3O3S. The number of imidazole rings is 1. The number of nitrogens with one attached hydrogen (secondary N) is 1. The van der Waals surface area contributed by atoms with E-state index in [1.165, 1.54) is 44.2 Å². The smallest absolute Gasteiger partial charge is 0.461 e. The fraction of sp³-hybridized carbons (Fsp3) is 0.294. The highest BCUT2D eigenvalue weighted by atomic mass is 32.2. The lowest BCUT2D eigenvalue weighted by Crippen LogP contribution is -2.33. The zero-order valence-electron chi connectivity index (χ0n) is 14.7. The van der Waals surface area contributed by atoms with Gasteiger partial charge in [-0.25, -0.2) is 4.98 Å². The number of alkyl halides is 4. The van der Waals surface area contributed by atoms with E-state index in [4.69, 9.17) is 9.47 Å². The highest BCUT2D eigenvalue weighted by molar-refractivity contribution is 7.98. The number of hydrogen-bond acceptors (Lipinski definition) is 6. The Kier molecular flexibility index (Phi) is 5.82. The molecule has 0 spiro atoms. The monoisotopic (exact) mass is 417 g/mol. The molecule has 2 aromatic heterocycles. The highest BCUT2D eigenvalue weighted by Crippen LogP contribution is 2.31. The second kappa shape index (κ2) is 8.13. The van der Waals surface area contributed by atoms with E-state index in [-0.39, 0.29) is 0 Å². The summed E-state index contributed by atoms with van der Waals surface area (Å²) in [5.74, 6) is 1.10. The molecule has 1 N–H and O–H groups in total. The molecule has 150 valence electrons. The number of H-pyrrole nitrogens is 1. The Balaban J connectivity index is 1.72. The molecule has 0 amide bonds. The third kappa shape index (κ3) is 4.41. The van der Waals surface area contributed by atoms with E-state index in [0.29, 0.717) is 39.1 Å². The fourth-order valence-electron chi connectivity index (χ4n) is 2.29. The van der Waals surface area contributed by atoms with Gasteiger partial charge in [0.25, 0.3) is 0 Å². The summed E-state index contributed by atoms with van der Waals surface area (Å²) in [5, 5.41) is 0.504. The molecule has 0 fully saturated rings. The summed E-state index contributed by atoms with van der Waals surface area (Å²) >= 11 is 1.32. The third-order valence-corrected chi connectivity index (χ3v) is 4.53. The van der Waals surface area contributed by atoms with Gasteiger partial charge < -0.3 is 19.2 Å². The molecule has 1 aromatic carbocycles. The number of methoxy groups -OCH3 is 2. The van der Waals surface area contributed by atoms with Crippen LogP contribution in [0.3, 0.4) is 0 Å². The molecule has 28 heavy (non-hydrogen) atoms. The molecule has 3 aromatic rings. The summed E-state index contributed by atoms with van der Waals surface area (Å²) in [6, 6.07) is 5.49. The molecule has 2 heterocycles. The van der Waals surface area contributed by atoms with Gasteiger partial charge in [-0.1, -0.05) is 11.8 Å². The minimum Gasteiger partial charge on any atom is -0.493 e.